The van der Waals surface area contributed by atoms with Crippen molar-refractivity contribution in [1.29, 1.82) is 0 Å². The van der Waals surface area contributed by atoms with E-state index in [9.17, 15) is 9.59 Å². The van der Waals surface area contributed by atoms with Gasteiger partial charge in [-0.15, -0.1) is 5.10 Å². The second-order valence-electron chi connectivity index (χ2n) is 8.72. The van der Waals surface area contributed by atoms with Gasteiger partial charge in [-0.3, -0.25) is 9.59 Å². The van der Waals surface area contributed by atoms with Crippen LogP contribution in [0.5, 0.6) is 0 Å². The lowest BCUT2D eigenvalue weighted by Gasteiger charge is -2.35. The van der Waals surface area contributed by atoms with Crippen molar-refractivity contribution in [1.82, 2.24) is 19.2 Å². The third-order valence-electron chi connectivity index (χ3n) is 6.53. The Labute approximate surface area is 206 Å². The Morgan fingerprint density at radius 3 is 2.65 bits per heavy atom. The lowest BCUT2D eigenvalue weighted by molar-refractivity contribution is -0.116. The molecule has 7 nitrogen and oxygen atoms in total. The molecular weight excluding hydrogens is 470 g/mol. The summed E-state index contributed by atoms with van der Waals surface area (Å²) in [6.07, 6.45) is 3.45. The topological polar surface area (TPSA) is 81.3 Å². The highest BCUT2D eigenvalue weighted by Crippen LogP contribution is 2.42. The van der Waals surface area contributed by atoms with Crippen LogP contribution in [0, 0.1) is 0 Å². The Bertz CT molecular complexity index is 1480. The van der Waals surface area contributed by atoms with Crippen LogP contribution in [0.1, 0.15) is 31.4 Å². The number of halogens is 1. The summed E-state index contributed by atoms with van der Waals surface area (Å²) in [6.45, 7) is 4.15. The van der Waals surface area contributed by atoms with Crippen LogP contribution in [0.2, 0.25) is 5.02 Å². The van der Waals surface area contributed by atoms with Crippen molar-refractivity contribution in [3.8, 4) is 11.3 Å². The fraction of sp³-hybridized carbons (Fsp3) is 0.280. The van der Waals surface area contributed by atoms with Crippen molar-refractivity contribution in [3.63, 3.8) is 0 Å². The minimum atomic E-state index is -0.335. The Balaban J connectivity index is 1.65. The van der Waals surface area contributed by atoms with Gasteiger partial charge in [0.15, 0.2) is 5.16 Å². The normalized spacial score (nSPS) is 16.8. The Morgan fingerprint density at radius 1 is 1.21 bits per heavy atom. The Kier molecular flexibility index (Phi) is 5.73. The molecule has 1 aliphatic rings. The third kappa shape index (κ3) is 3.71. The number of fused-ring (bicyclic) bond motifs is 4. The number of aromatic nitrogens is 4. The highest BCUT2D eigenvalue weighted by Gasteiger charge is 2.38. The zero-order valence-corrected chi connectivity index (χ0v) is 20.7. The number of nitrogens with zero attached hydrogens (tertiary/aromatic N) is 4. The molecule has 0 saturated heterocycles. The predicted octanol–water partition coefficient (Wildman–Crippen LogP) is 4.80. The van der Waals surface area contributed by atoms with Gasteiger partial charge < -0.3 is 5.32 Å². The maximum atomic E-state index is 13.9. The monoisotopic (exact) mass is 493 g/mol. The molecule has 4 aromatic rings. The van der Waals surface area contributed by atoms with E-state index < -0.39 is 0 Å². The van der Waals surface area contributed by atoms with Gasteiger partial charge in [-0.05, 0) is 48.9 Å². The van der Waals surface area contributed by atoms with Crippen molar-refractivity contribution < 1.29 is 4.79 Å². The molecule has 1 N–H and O–H groups in total. The summed E-state index contributed by atoms with van der Waals surface area (Å²) in [6, 6.07) is 15.0. The molecule has 2 heterocycles. The minimum absolute atomic E-state index is 0.0788. The molecule has 34 heavy (non-hydrogen) atoms. The van der Waals surface area contributed by atoms with Gasteiger partial charge in [-0.1, -0.05) is 61.5 Å². The number of hydrogen-bond donors (Lipinski definition) is 1. The van der Waals surface area contributed by atoms with Crippen molar-refractivity contribution >= 4 is 40.7 Å². The van der Waals surface area contributed by atoms with E-state index >= 15 is 0 Å². The van der Waals surface area contributed by atoms with Crippen molar-refractivity contribution in [3.05, 3.63) is 75.0 Å². The van der Waals surface area contributed by atoms with Crippen LogP contribution in [-0.2, 0) is 23.2 Å². The lowest BCUT2D eigenvalue weighted by atomic mass is 9.69. The van der Waals surface area contributed by atoms with E-state index in [-0.39, 0.29) is 23.4 Å². The molecule has 174 valence electrons. The minimum Gasteiger partial charge on any atom is -0.324 e. The Morgan fingerprint density at radius 2 is 1.94 bits per heavy atom. The first-order valence-corrected chi connectivity index (χ1v) is 12.7. The number of amides is 1. The highest BCUT2D eigenvalue weighted by atomic mass is 35.5. The van der Waals surface area contributed by atoms with Gasteiger partial charge in [0, 0.05) is 21.7 Å². The van der Waals surface area contributed by atoms with Gasteiger partial charge in [0.25, 0.3) is 5.56 Å². The van der Waals surface area contributed by atoms with Crippen LogP contribution in [0.15, 0.2) is 58.5 Å². The summed E-state index contributed by atoms with van der Waals surface area (Å²) in [4.78, 5) is 31.7. The molecule has 9 heteroatoms. The zero-order valence-electron chi connectivity index (χ0n) is 19.1. The second kappa shape index (κ2) is 8.60. The van der Waals surface area contributed by atoms with Crippen LogP contribution < -0.4 is 10.9 Å². The molecule has 0 bridgehead atoms. The summed E-state index contributed by atoms with van der Waals surface area (Å²) in [5, 5.41) is 8.50. The van der Waals surface area contributed by atoms with Crippen LogP contribution >= 0.6 is 23.4 Å². The third-order valence-corrected chi connectivity index (χ3v) is 7.42. The lowest BCUT2D eigenvalue weighted by Crippen LogP contribution is -2.38. The number of thioether (sulfide) groups is 1. The molecule has 0 aliphatic heterocycles. The molecule has 1 aliphatic carbocycles. The molecule has 0 saturated carbocycles. The molecule has 1 atom stereocenters. The van der Waals surface area contributed by atoms with Gasteiger partial charge in [-0.2, -0.15) is 0 Å². The number of benzene rings is 2. The summed E-state index contributed by atoms with van der Waals surface area (Å²) in [5.41, 5.74) is 3.71. The molecule has 0 fully saturated rings. The average molecular weight is 494 g/mol. The maximum absolute atomic E-state index is 13.9. The number of carbonyl (C=O) groups is 1. The predicted molar refractivity (Wildman–Crippen MR) is 136 cm³/mol. The van der Waals surface area contributed by atoms with Crippen molar-refractivity contribution in [2.45, 2.75) is 43.8 Å². The number of hydrogen-bond acceptors (Lipinski definition) is 5. The first kappa shape index (κ1) is 22.7. The van der Waals surface area contributed by atoms with Crippen molar-refractivity contribution in [2.24, 2.45) is 0 Å². The number of nitrogens with one attached hydrogen (secondary N) is 1. The number of anilines is 1. The van der Waals surface area contributed by atoms with Crippen LogP contribution in [0.25, 0.3) is 17.0 Å². The van der Waals surface area contributed by atoms with Gasteiger partial charge in [0.05, 0.1) is 11.3 Å². The summed E-state index contributed by atoms with van der Waals surface area (Å²) in [5.74, 6) is 0.0836. The first-order valence-electron chi connectivity index (χ1n) is 11.1. The van der Waals surface area contributed by atoms with E-state index in [1.165, 1.54) is 22.0 Å². The smallest absolute Gasteiger partial charge is 0.265 e. The van der Waals surface area contributed by atoms with Crippen molar-refractivity contribution in [2.75, 3.05) is 11.6 Å². The van der Waals surface area contributed by atoms with E-state index in [1.807, 2.05) is 24.5 Å². The zero-order chi connectivity index (χ0) is 24.0. The highest BCUT2D eigenvalue weighted by molar-refractivity contribution is 7.98. The average Bonchev–Trinajstić information content (AvgIpc) is 3.18. The molecule has 0 spiro atoms. The van der Waals surface area contributed by atoms with Gasteiger partial charge >= 0.3 is 0 Å². The largest absolute Gasteiger partial charge is 0.324 e. The van der Waals surface area contributed by atoms with E-state index in [4.69, 9.17) is 16.6 Å². The molecule has 0 unspecified atom stereocenters. The molecule has 0 radical (unpaired) electrons. The van der Waals surface area contributed by atoms with Gasteiger partial charge in [0.1, 0.15) is 6.54 Å². The first-order chi connectivity index (χ1) is 16.3. The van der Waals surface area contributed by atoms with Gasteiger partial charge in [0.2, 0.25) is 11.7 Å². The Hall–Kier alpha value is -3.10. The standard InChI is InChI=1S/C25H24ClN5O2S/c1-4-25(2)13-15-7-5-6-8-18(15)21-20(25)22(33)31-23(28-21)30(29-24(31)34-3)14-19(32)27-17-11-9-16(26)10-12-17/h5-12H,4,13-14H2,1-3H3,(H,27,32)/t25-/m1/s1. The maximum Gasteiger partial charge on any atom is 0.265 e. The van der Waals surface area contributed by atoms with Crippen LogP contribution in [0.3, 0.4) is 0 Å². The summed E-state index contributed by atoms with van der Waals surface area (Å²) in [7, 11) is 0. The van der Waals surface area contributed by atoms with Crippen LogP contribution in [-0.4, -0.2) is 31.3 Å². The molecule has 2 aromatic carbocycles. The van der Waals surface area contributed by atoms with Gasteiger partial charge in [-0.25, -0.2) is 14.1 Å². The molecular formula is C25H24ClN5O2S. The fourth-order valence-corrected chi connectivity index (χ4v) is 5.26. The fourth-order valence-electron chi connectivity index (χ4n) is 4.61. The molecule has 1 amide bonds. The molecule has 5 rings (SSSR count). The number of carbonyl (C=O) groups excluding carboxylic acids is 1. The van der Waals surface area contributed by atoms with Crippen LogP contribution in [0.4, 0.5) is 5.69 Å². The molecule has 2 aromatic heterocycles. The number of rotatable bonds is 5. The summed E-state index contributed by atoms with van der Waals surface area (Å²) < 4.78 is 3.04. The van der Waals surface area contributed by atoms with E-state index in [1.54, 1.807) is 28.7 Å². The van der Waals surface area contributed by atoms with E-state index in [0.717, 1.165) is 18.4 Å². The quantitative estimate of drug-likeness (QED) is 0.404. The SMILES string of the molecule is CC[C@]1(C)Cc2ccccc2-c2nc3n(CC(=O)Nc4ccc(Cl)cc4)nc(SC)n3c(=O)c21. The van der Waals surface area contributed by atoms with E-state index in [2.05, 4.69) is 30.3 Å². The van der Waals surface area contributed by atoms with E-state index in [0.29, 0.717) is 32.9 Å². The summed E-state index contributed by atoms with van der Waals surface area (Å²) >= 11 is 7.29. The second-order valence-corrected chi connectivity index (χ2v) is 9.93.